The first kappa shape index (κ1) is 15.1. The van der Waals surface area contributed by atoms with E-state index >= 15 is 0 Å². The Kier molecular flexibility index (Phi) is 4.75. The van der Waals surface area contributed by atoms with Crippen molar-refractivity contribution in [3.8, 4) is 0 Å². The lowest BCUT2D eigenvalue weighted by Gasteiger charge is -2.46. The van der Waals surface area contributed by atoms with Crippen molar-refractivity contribution in [2.75, 3.05) is 26.3 Å². The number of nitrogens with zero attached hydrogens (tertiary/aromatic N) is 1. The number of halogens is 2. The highest BCUT2D eigenvalue weighted by Crippen LogP contribution is 2.36. The molecule has 2 N–H and O–H groups in total. The maximum Gasteiger partial charge on any atom is 0.0645 e. The standard InChI is InChI=1S/C14H20Cl2N2O/c1-14(2)9-19-7-6-18(14)12(8-17)10-4-3-5-11(15)13(10)16/h3-5,12H,6-9,17H2,1-2H3. The van der Waals surface area contributed by atoms with Gasteiger partial charge in [-0.1, -0.05) is 35.3 Å². The number of nitrogens with two attached hydrogens (primary N) is 1. The Balaban J connectivity index is 2.36. The van der Waals surface area contributed by atoms with Gasteiger partial charge in [0.25, 0.3) is 0 Å². The summed E-state index contributed by atoms with van der Waals surface area (Å²) in [5.74, 6) is 0. The Labute approximate surface area is 124 Å². The highest BCUT2D eigenvalue weighted by atomic mass is 35.5. The highest BCUT2D eigenvalue weighted by molar-refractivity contribution is 6.42. The minimum Gasteiger partial charge on any atom is -0.378 e. The van der Waals surface area contributed by atoms with Crippen molar-refractivity contribution in [1.29, 1.82) is 0 Å². The molecule has 0 saturated carbocycles. The molecule has 1 atom stereocenters. The van der Waals surface area contributed by atoms with Gasteiger partial charge in [0.2, 0.25) is 0 Å². The van der Waals surface area contributed by atoms with E-state index in [1.54, 1.807) is 6.07 Å². The molecule has 1 aliphatic rings. The Hall–Kier alpha value is -0.320. The molecule has 0 radical (unpaired) electrons. The zero-order chi connectivity index (χ0) is 14.0. The van der Waals surface area contributed by atoms with Gasteiger partial charge in [0.1, 0.15) is 0 Å². The van der Waals surface area contributed by atoms with Crippen molar-refractivity contribution in [2.24, 2.45) is 5.73 Å². The maximum absolute atomic E-state index is 6.33. The molecule has 2 rings (SSSR count). The van der Waals surface area contributed by atoms with E-state index in [4.69, 9.17) is 33.7 Å². The van der Waals surface area contributed by atoms with Gasteiger partial charge in [-0.2, -0.15) is 0 Å². The van der Waals surface area contributed by atoms with Crippen LogP contribution in [-0.4, -0.2) is 36.7 Å². The van der Waals surface area contributed by atoms with E-state index in [1.807, 2.05) is 12.1 Å². The quantitative estimate of drug-likeness (QED) is 0.932. The second kappa shape index (κ2) is 5.98. The van der Waals surface area contributed by atoms with Crippen LogP contribution in [0.2, 0.25) is 10.0 Å². The van der Waals surface area contributed by atoms with Crippen molar-refractivity contribution in [2.45, 2.75) is 25.4 Å². The van der Waals surface area contributed by atoms with Gasteiger partial charge in [-0.05, 0) is 25.5 Å². The molecule has 5 heteroatoms. The molecule has 1 aliphatic heterocycles. The number of hydrogen-bond donors (Lipinski definition) is 1. The molecule has 1 aromatic rings. The summed E-state index contributed by atoms with van der Waals surface area (Å²) in [5.41, 5.74) is 6.92. The van der Waals surface area contributed by atoms with Crippen LogP contribution in [0.4, 0.5) is 0 Å². The molecule has 0 bridgehead atoms. The van der Waals surface area contributed by atoms with Crippen LogP contribution in [0, 0.1) is 0 Å². The average molecular weight is 303 g/mol. The first-order valence-corrected chi connectivity index (χ1v) is 7.21. The van der Waals surface area contributed by atoms with Crippen LogP contribution >= 0.6 is 23.2 Å². The second-order valence-electron chi connectivity index (χ2n) is 5.45. The lowest BCUT2D eigenvalue weighted by atomic mass is 9.95. The summed E-state index contributed by atoms with van der Waals surface area (Å²) in [6, 6.07) is 5.77. The summed E-state index contributed by atoms with van der Waals surface area (Å²) in [6.45, 7) is 7.08. The van der Waals surface area contributed by atoms with Crippen LogP contribution in [0.5, 0.6) is 0 Å². The Morgan fingerprint density at radius 3 is 2.79 bits per heavy atom. The van der Waals surface area contributed by atoms with Gasteiger partial charge >= 0.3 is 0 Å². The lowest BCUT2D eigenvalue weighted by Crippen LogP contribution is -2.55. The zero-order valence-electron chi connectivity index (χ0n) is 11.3. The molecule has 0 amide bonds. The van der Waals surface area contributed by atoms with E-state index in [0.29, 0.717) is 23.2 Å². The number of benzene rings is 1. The molecular weight excluding hydrogens is 283 g/mol. The van der Waals surface area contributed by atoms with Crippen LogP contribution < -0.4 is 5.73 Å². The summed E-state index contributed by atoms with van der Waals surface area (Å²) >= 11 is 12.4. The second-order valence-corrected chi connectivity index (χ2v) is 6.24. The summed E-state index contributed by atoms with van der Waals surface area (Å²) < 4.78 is 5.56. The van der Waals surface area contributed by atoms with Crippen LogP contribution in [0.15, 0.2) is 18.2 Å². The third kappa shape index (κ3) is 3.06. The number of ether oxygens (including phenoxy) is 1. The van der Waals surface area contributed by atoms with E-state index in [-0.39, 0.29) is 11.6 Å². The smallest absolute Gasteiger partial charge is 0.0645 e. The monoisotopic (exact) mass is 302 g/mol. The van der Waals surface area contributed by atoms with Gasteiger partial charge in [-0.15, -0.1) is 0 Å². The third-order valence-electron chi connectivity index (χ3n) is 3.65. The molecule has 0 spiro atoms. The highest BCUT2D eigenvalue weighted by Gasteiger charge is 2.36. The van der Waals surface area contributed by atoms with E-state index < -0.39 is 0 Å². The molecule has 0 aromatic heterocycles. The van der Waals surface area contributed by atoms with Crippen molar-refractivity contribution < 1.29 is 4.74 Å². The van der Waals surface area contributed by atoms with Crippen LogP contribution in [0.3, 0.4) is 0 Å². The molecule has 19 heavy (non-hydrogen) atoms. The van der Waals surface area contributed by atoms with Crippen LogP contribution in [0.25, 0.3) is 0 Å². The van der Waals surface area contributed by atoms with Crippen molar-refractivity contribution in [1.82, 2.24) is 4.90 Å². The fourth-order valence-electron chi connectivity index (χ4n) is 2.65. The van der Waals surface area contributed by atoms with E-state index in [2.05, 4.69) is 18.7 Å². The van der Waals surface area contributed by atoms with Gasteiger partial charge < -0.3 is 10.5 Å². The van der Waals surface area contributed by atoms with Crippen molar-refractivity contribution >= 4 is 23.2 Å². The largest absolute Gasteiger partial charge is 0.378 e. The molecule has 0 aliphatic carbocycles. The number of morpholine rings is 1. The molecule has 1 aromatic carbocycles. The van der Waals surface area contributed by atoms with Gasteiger partial charge in [-0.3, -0.25) is 4.90 Å². The lowest BCUT2D eigenvalue weighted by molar-refractivity contribution is -0.0712. The minimum atomic E-state index is -0.0616. The Morgan fingerprint density at radius 1 is 1.42 bits per heavy atom. The van der Waals surface area contributed by atoms with Crippen LogP contribution in [0.1, 0.15) is 25.5 Å². The molecule has 1 fully saturated rings. The fourth-order valence-corrected chi connectivity index (χ4v) is 3.08. The summed E-state index contributed by atoms with van der Waals surface area (Å²) in [6.07, 6.45) is 0. The van der Waals surface area contributed by atoms with Gasteiger partial charge in [0.05, 0.1) is 23.3 Å². The van der Waals surface area contributed by atoms with E-state index in [0.717, 1.165) is 18.7 Å². The molecule has 3 nitrogen and oxygen atoms in total. The molecule has 1 unspecified atom stereocenters. The number of rotatable bonds is 3. The van der Waals surface area contributed by atoms with Crippen molar-refractivity contribution in [3.63, 3.8) is 0 Å². The molecular formula is C14H20Cl2N2O. The zero-order valence-corrected chi connectivity index (χ0v) is 12.8. The van der Waals surface area contributed by atoms with Gasteiger partial charge in [-0.25, -0.2) is 0 Å². The summed E-state index contributed by atoms with van der Waals surface area (Å²) in [5, 5.41) is 1.17. The Morgan fingerprint density at radius 2 is 2.16 bits per heavy atom. The first-order valence-electron chi connectivity index (χ1n) is 6.46. The predicted molar refractivity (Wildman–Crippen MR) is 79.9 cm³/mol. The minimum absolute atomic E-state index is 0.0603. The van der Waals surface area contributed by atoms with E-state index in [1.165, 1.54) is 0 Å². The molecule has 1 heterocycles. The van der Waals surface area contributed by atoms with E-state index in [9.17, 15) is 0 Å². The summed E-state index contributed by atoms with van der Waals surface area (Å²) in [4.78, 5) is 2.36. The predicted octanol–water partition coefficient (Wildman–Crippen LogP) is 3.10. The molecule has 1 saturated heterocycles. The Bertz CT molecular complexity index is 451. The van der Waals surface area contributed by atoms with Crippen LogP contribution in [-0.2, 0) is 4.74 Å². The van der Waals surface area contributed by atoms with Gasteiger partial charge in [0.15, 0.2) is 0 Å². The van der Waals surface area contributed by atoms with Crippen molar-refractivity contribution in [3.05, 3.63) is 33.8 Å². The fraction of sp³-hybridized carbons (Fsp3) is 0.571. The maximum atomic E-state index is 6.33. The average Bonchev–Trinajstić information content (AvgIpc) is 2.37. The molecule has 106 valence electrons. The van der Waals surface area contributed by atoms with Gasteiger partial charge in [0, 0.05) is 24.7 Å². The SMILES string of the molecule is CC1(C)COCCN1C(CN)c1cccc(Cl)c1Cl. The summed E-state index contributed by atoms with van der Waals surface area (Å²) in [7, 11) is 0. The normalized spacial score (nSPS) is 21.3. The number of hydrogen-bond acceptors (Lipinski definition) is 3. The first-order chi connectivity index (χ1) is 8.97. The third-order valence-corrected chi connectivity index (χ3v) is 4.48. The topological polar surface area (TPSA) is 38.5 Å².